The molecule has 1 aliphatic rings. The smallest absolute Gasteiger partial charge is 0.251 e. The fourth-order valence-electron chi connectivity index (χ4n) is 1.91. The van der Waals surface area contributed by atoms with Crippen LogP contribution in [0.2, 0.25) is 0 Å². The first-order chi connectivity index (χ1) is 8.77. The lowest BCUT2D eigenvalue weighted by Crippen LogP contribution is -2.45. The van der Waals surface area contributed by atoms with Crippen LogP contribution in [0.4, 0.5) is 0 Å². The van der Waals surface area contributed by atoms with Gasteiger partial charge in [0.15, 0.2) is 0 Å². The van der Waals surface area contributed by atoms with Crippen molar-refractivity contribution in [2.45, 2.75) is 19.6 Å². The van der Waals surface area contributed by atoms with E-state index in [0.29, 0.717) is 32.9 Å². The zero-order chi connectivity index (χ0) is 12.8. The van der Waals surface area contributed by atoms with E-state index in [2.05, 4.69) is 0 Å². The van der Waals surface area contributed by atoms with Crippen molar-refractivity contribution >= 4 is 5.91 Å². The summed E-state index contributed by atoms with van der Waals surface area (Å²) in [5.41, 5.74) is 1.08. The van der Waals surface area contributed by atoms with Crippen molar-refractivity contribution < 1.29 is 14.3 Å². The van der Waals surface area contributed by atoms with Gasteiger partial charge in [0.25, 0.3) is 5.91 Å². The van der Waals surface area contributed by atoms with Gasteiger partial charge in [-0.15, -0.1) is 0 Å². The van der Waals surface area contributed by atoms with E-state index in [4.69, 9.17) is 9.47 Å². The average Bonchev–Trinajstić information content (AvgIpc) is 2.46. The molecule has 1 aromatic rings. The monoisotopic (exact) mass is 249 g/mol. The minimum absolute atomic E-state index is 0.0502. The van der Waals surface area contributed by atoms with Crippen LogP contribution in [0, 0.1) is 0 Å². The van der Waals surface area contributed by atoms with Gasteiger partial charge in [-0.3, -0.25) is 4.79 Å². The molecule has 0 radical (unpaired) electrons. The van der Waals surface area contributed by atoms with Crippen LogP contribution in [-0.4, -0.2) is 43.2 Å². The van der Waals surface area contributed by atoms with E-state index < -0.39 is 6.10 Å². The predicted molar refractivity (Wildman–Crippen MR) is 68.1 cm³/mol. The third-order valence-corrected chi connectivity index (χ3v) is 3.01. The van der Waals surface area contributed by atoms with Crippen molar-refractivity contribution in [1.29, 1.82) is 0 Å². The van der Waals surface area contributed by atoms with E-state index in [1.54, 1.807) is 11.8 Å². The minimum atomic E-state index is -0.400. The Morgan fingerprint density at radius 1 is 1.33 bits per heavy atom. The van der Waals surface area contributed by atoms with E-state index in [-0.39, 0.29) is 5.91 Å². The summed E-state index contributed by atoms with van der Waals surface area (Å²) < 4.78 is 10.8. The molecule has 1 atom stereocenters. The molecule has 1 heterocycles. The van der Waals surface area contributed by atoms with Crippen LogP contribution in [0.3, 0.4) is 0 Å². The van der Waals surface area contributed by atoms with E-state index in [9.17, 15) is 4.79 Å². The molecular weight excluding hydrogens is 230 g/mol. The molecule has 0 bridgehead atoms. The number of hydrogen-bond donors (Lipinski definition) is 0. The molecule has 18 heavy (non-hydrogen) atoms. The lowest BCUT2D eigenvalue weighted by molar-refractivity contribution is -0.147. The van der Waals surface area contributed by atoms with Gasteiger partial charge in [0.1, 0.15) is 6.10 Å². The largest absolute Gasteiger partial charge is 0.378 e. The van der Waals surface area contributed by atoms with Crippen molar-refractivity contribution in [1.82, 2.24) is 4.90 Å². The Hall–Kier alpha value is -1.39. The Kier molecular flexibility index (Phi) is 4.73. The lowest BCUT2D eigenvalue weighted by atomic mass is 10.2. The maximum atomic E-state index is 12.1. The Morgan fingerprint density at radius 2 is 2.00 bits per heavy atom. The Balaban J connectivity index is 1.80. The molecule has 1 aliphatic heterocycles. The topological polar surface area (TPSA) is 38.8 Å². The van der Waals surface area contributed by atoms with Gasteiger partial charge < -0.3 is 14.4 Å². The van der Waals surface area contributed by atoms with E-state index in [1.807, 2.05) is 30.3 Å². The molecule has 2 rings (SSSR count). The van der Waals surface area contributed by atoms with E-state index >= 15 is 0 Å². The van der Waals surface area contributed by atoms with Crippen molar-refractivity contribution in [3.63, 3.8) is 0 Å². The van der Waals surface area contributed by atoms with E-state index in [1.165, 1.54) is 0 Å². The van der Waals surface area contributed by atoms with Gasteiger partial charge in [-0.05, 0) is 12.5 Å². The maximum absolute atomic E-state index is 12.1. The number of carbonyl (C=O) groups excluding carboxylic acids is 1. The van der Waals surface area contributed by atoms with Crippen molar-refractivity contribution in [3.8, 4) is 0 Å². The average molecular weight is 249 g/mol. The van der Waals surface area contributed by atoms with Crippen molar-refractivity contribution in [2.75, 3.05) is 26.3 Å². The van der Waals surface area contributed by atoms with Crippen molar-refractivity contribution in [3.05, 3.63) is 35.9 Å². The molecular formula is C14H19NO3. The first-order valence-corrected chi connectivity index (χ1v) is 6.29. The van der Waals surface area contributed by atoms with Crippen LogP contribution in [0.5, 0.6) is 0 Å². The van der Waals surface area contributed by atoms with Gasteiger partial charge in [-0.25, -0.2) is 0 Å². The third-order valence-electron chi connectivity index (χ3n) is 3.01. The molecule has 0 aromatic heterocycles. The van der Waals surface area contributed by atoms with Crippen LogP contribution in [-0.2, 0) is 20.9 Å². The van der Waals surface area contributed by atoms with Crippen LogP contribution in [0.1, 0.15) is 12.5 Å². The molecule has 0 spiro atoms. The highest BCUT2D eigenvalue weighted by Gasteiger charge is 2.22. The Bertz CT molecular complexity index is 374. The summed E-state index contributed by atoms with van der Waals surface area (Å²) in [6, 6.07) is 9.88. The summed E-state index contributed by atoms with van der Waals surface area (Å²) in [6.45, 7) is 4.85. The summed E-state index contributed by atoms with van der Waals surface area (Å²) >= 11 is 0. The molecule has 98 valence electrons. The molecule has 1 aromatic carbocycles. The SMILES string of the molecule is C[C@H](OCc1ccccc1)C(=O)N1CCOCC1. The second-order valence-electron chi connectivity index (χ2n) is 4.38. The molecule has 1 amide bonds. The number of ether oxygens (including phenoxy) is 2. The zero-order valence-electron chi connectivity index (χ0n) is 10.7. The lowest BCUT2D eigenvalue weighted by Gasteiger charge is -2.29. The van der Waals surface area contributed by atoms with Crippen LogP contribution in [0.25, 0.3) is 0 Å². The quantitative estimate of drug-likeness (QED) is 0.810. The van der Waals surface area contributed by atoms with Gasteiger partial charge in [0.05, 0.1) is 19.8 Å². The maximum Gasteiger partial charge on any atom is 0.251 e. The molecule has 0 saturated carbocycles. The molecule has 0 N–H and O–H groups in total. The van der Waals surface area contributed by atoms with Crippen LogP contribution < -0.4 is 0 Å². The molecule has 0 aliphatic carbocycles. The molecule has 1 fully saturated rings. The number of amides is 1. The summed E-state index contributed by atoms with van der Waals surface area (Å²) in [6.07, 6.45) is -0.400. The predicted octanol–water partition coefficient (Wildman–Crippen LogP) is 1.45. The number of nitrogens with zero attached hydrogens (tertiary/aromatic N) is 1. The standard InChI is InChI=1S/C14H19NO3/c1-12(14(16)15-7-9-17-10-8-15)18-11-13-5-3-2-4-6-13/h2-6,12H,7-11H2,1H3/t12-/m0/s1. The fourth-order valence-corrected chi connectivity index (χ4v) is 1.91. The Labute approximate surface area is 107 Å². The Morgan fingerprint density at radius 3 is 2.67 bits per heavy atom. The molecule has 0 unspecified atom stereocenters. The summed E-state index contributed by atoms with van der Waals surface area (Å²) in [5, 5.41) is 0. The highest BCUT2D eigenvalue weighted by atomic mass is 16.5. The van der Waals surface area contributed by atoms with Crippen LogP contribution in [0.15, 0.2) is 30.3 Å². The summed E-state index contributed by atoms with van der Waals surface area (Å²) in [5.74, 6) is 0.0502. The third kappa shape index (κ3) is 3.55. The highest BCUT2D eigenvalue weighted by Crippen LogP contribution is 2.07. The van der Waals surface area contributed by atoms with Crippen LogP contribution >= 0.6 is 0 Å². The number of rotatable bonds is 4. The number of carbonyl (C=O) groups is 1. The second-order valence-corrected chi connectivity index (χ2v) is 4.38. The fraction of sp³-hybridized carbons (Fsp3) is 0.500. The minimum Gasteiger partial charge on any atom is -0.378 e. The van der Waals surface area contributed by atoms with Gasteiger partial charge in [0, 0.05) is 13.1 Å². The first-order valence-electron chi connectivity index (χ1n) is 6.29. The molecule has 4 nitrogen and oxygen atoms in total. The summed E-state index contributed by atoms with van der Waals surface area (Å²) in [7, 11) is 0. The summed E-state index contributed by atoms with van der Waals surface area (Å²) in [4.78, 5) is 13.9. The zero-order valence-corrected chi connectivity index (χ0v) is 10.7. The van der Waals surface area contributed by atoms with Gasteiger partial charge in [-0.2, -0.15) is 0 Å². The van der Waals surface area contributed by atoms with Gasteiger partial charge in [-0.1, -0.05) is 30.3 Å². The number of benzene rings is 1. The number of morpholine rings is 1. The normalized spacial score (nSPS) is 17.5. The van der Waals surface area contributed by atoms with Gasteiger partial charge in [0.2, 0.25) is 0 Å². The number of hydrogen-bond acceptors (Lipinski definition) is 3. The van der Waals surface area contributed by atoms with E-state index in [0.717, 1.165) is 5.56 Å². The molecule has 4 heteroatoms. The second kappa shape index (κ2) is 6.52. The first kappa shape index (κ1) is 13.1. The van der Waals surface area contributed by atoms with Gasteiger partial charge >= 0.3 is 0 Å². The van der Waals surface area contributed by atoms with Crippen molar-refractivity contribution in [2.24, 2.45) is 0 Å². The molecule has 1 saturated heterocycles. The highest BCUT2D eigenvalue weighted by molar-refractivity contribution is 5.80.